The normalized spacial score (nSPS) is 19.1. The number of benzene rings is 2. The van der Waals surface area contributed by atoms with Gasteiger partial charge < -0.3 is 14.5 Å². The number of nitrogens with zero attached hydrogens (tertiary/aromatic N) is 3. The van der Waals surface area contributed by atoms with Crippen molar-refractivity contribution in [3.05, 3.63) is 65.0 Å². The summed E-state index contributed by atoms with van der Waals surface area (Å²) in [5.41, 5.74) is 3.39. The van der Waals surface area contributed by atoms with Crippen LogP contribution in [0.5, 0.6) is 0 Å². The topological polar surface area (TPSA) is 91.2 Å². The quantitative estimate of drug-likeness (QED) is 0.631. The Morgan fingerprint density at radius 3 is 3.00 bits per heavy atom. The number of halogens is 1. The van der Waals surface area contributed by atoms with Crippen molar-refractivity contribution in [2.75, 3.05) is 20.2 Å². The number of alkyl halides is 1. The van der Waals surface area contributed by atoms with E-state index in [2.05, 4.69) is 16.0 Å². The molecule has 0 bridgehead atoms. The van der Waals surface area contributed by atoms with Crippen LogP contribution in [0, 0.1) is 11.3 Å². The third kappa shape index (κ3) is 4.32. The fourth-order valence-electron chi connectivity index (χ4n) is 3.65. The van der Waals surface area contributed by atoms with E-state index in [0.717, 1.165) is 5.56 Å². The van der Waals surface area contributed by atoms with Gasteiger partial charge in [0, 0.05) is 19.6 Å². The minimum absolute atomic E-state index is 0.144. The Morgan fingerprint density at radius 2 is 2.20 bits per heavy atom. The minimum Gasteiger partial charge on any atom is -0.465 e. The number of nitriles is 1. The lowest BCUT2D eigenvalue weighted by molar-refractivity contribution is 0.00864. The molecule has 0 aliphatic carbocycles. The van der Waals surface area contributed by atoms with Gasteiger partial charge in [-0.15, -0.1) is 0 Å². The molecule has 0 saturated carbocycles. The summed E-state index contributed by atoms with van der Waals surface area (Å²) < 4.78 is 25.0. The van der Waals surface area contributed by atoms with Crippen molar-refractivity contribution in [2.24, 2.45) is 0 Å². The van der Waals surface area contributed by atoms with Gasteiger partial charge >= 0.3 is 5.97 Å². The molecule has 0 unspecified atom stereocenters. The number of aromatic nitrogens is 2. The number of fused-ring (bicyclic) bond motifs is 1. The molecule has 0 spiro atoms. The standard InChI is InChI=1S/C22H21FN4O3/c1-29-22(28)16-5-6-18-19(8-16)26-21(25-18)13-30-20-12-27(11-17(20)23)10-15-4-2-3-14(7-15)9-24/h2-8,17,20H,10-13H2,1H3,(H,25,26)/t17-,20+/m1/s1. The van der Waals surface area contributed by atoms with Crippen LogP contribution < -0.4 is 0 Å². The Labute approximate surface area is 173 Å². The summed E-state index contributed by atoms with van der Waals surface area (Å²) in [5, 5.41) is 9.02. The van der Waals surface area contributed by atoms with Crippen molar-refractivity contribution in [3.63, 3.8) is 0 Å². The average molecular weight is 408 g/mol. The van der Waals surface area contributed by atoms with Crippen molar-refractivity contribution in [2.45, 2.75) is 25.4 Å². The second-order valence-electron chi connectivity index (χ2n) is 7.28. The number of aromatic amines is 1. The Balaban J connectivity index is 1.36. The van der Waals surface area contributed by atoms with Crippen LogP contribution in [0.3, 0.4) is 0 Å². The zero-order chi connectivity index (χ0) is 21.1. The van der Waals surface area contributed by atoms with Gasteiger partial charge in [-0.1, -0.05) is 12.1 Å². The fourth-order valence-corrected chi connectivity index (χ4v) is 3.65. The lowest BCUT2D eigenvalue weighted by Gasteiger charge is -2.15. The number of esters is 1. The highest BCUT2D eigenvalue weighted by molar-refractivity contribution is 5.93. The maximum atomic E-state index is 14.5. The van der Waals surface area contributed by atoms with E-state index >= 15 is 0 Å². The number of rotatable bonds is 6. The van der Waals surface area contributed by atoms with Crippen molar-refractivity contribution in [1.29, 1.82) is 5.26 Å². The van der Waals surface area contributed by atoms with Gasteiger partial charge in [-0.3, -0.25) is 4.90 Å². The highest BCUT2D eigenvalue weighted by Gasteiger charge is 2.33. The van der Waals surface area contributed by atoms with Crippen LogP contribution in [0.4, 0.5) is 4.39 Å². The second-order valence-corrected chi connectivity index (χ2v) is 7.28. The zero-order valence-corrected chi connectivity index (χ0v) is 16.5. The van der Waals surface area contributed by atoms with Crippen LogP contribution in [0.25, 0.3) is 11.0 Å². The van der Waals surface area contributed by atoms with Gasteiger partial charge in [0.2, 0.25) is 0 Å². The van der Waals surface area contributed by atoms with E-state index in [4.69, 9.17) is 14.7 Å². The predicted octanol–water partition coefficient (Wildman–Crippen LogP) is 2.96. The largest absolute Gasteiger partial charge is 0.465 e. The first kappa shape index (κ1) is 20.0. The van der Waals surface area contributed by atoms with E-state index in [1.54, 1.807) is 24.3 Å². The first-order valence-electron chi connectivity index (χ1n) is 9.59. The molecule has 154 valence electrons. The highest BCUT2D eigenvalue weighted by Crippen LogP contribution is 2.21. The molecule has 2 atom stereocenters. The molecule has 1 aliphatic rings. The van der Waals surface area contributed by atoms with Gasteiger partial charge in [-0.05, 0) is 35.9 Å². The number of nitrogens with one attached hydrogen (secondary N) is 1. The number of hydrogen-bond donors (Lipinski definition) is 1. The Kier molecular flexibility index (Phi) is 5.74. The maximum absolute atomic E-state index is 14.5. The van der Waals surface area contributed by atoms with E-state index < -0.39 is 18.2 Å². The number of hydrogen-bond acceptors (Lipinski definition) is 6. The summed E-state index contributed by atoms with van der Waals surface area (Å²) in [6, 6.07) is 14.5. The van der Waals surface area contributed by atoms with Crippen molar-refractivity contribution >= 4 is 17.0 Å². The Morgan fingerprint density at radius 1 is 1.33 bits per heavy atom. The third-order valence-corrected chi connectivity index (χ3v) is 5.12. The summed E-state index contributed by atoms with van der Waals surface area (Å²) >= 11 is 0. The molecule has 3 aromatic rings. The molecule has 1 saturated heterocycles. The number of carbonyl (C=O) groups is 1. The summed E-state index contributed by atoms with van der Waals surface area (Å²) in [6.07, 6.45) is -1.65. The molecule has 7 nitrogen and oxygen atoms in total. The SMILES string of the molecule is COC(=O)c1ccc2nc(CO[C@H]3CN(Cc4cccc(C#N)c4)C[C@H]3F)[nH]c2c1. The molecule has 1 fully saturated rings. The number of methoxy groups -OCH3 is 1. The van der Waals surface area contributed by atoms with Gasteiger partial charge in [0.15, 0.2) is 0 Å². The molecule has 0 amide bonds. The first-order valence-corrected chi connectivity index (χ1v) is 9.59. The van der Waals surface area contributed by atoms with Gasteiger partial charge in [0.25, 0.3) is 0 Å². The summed E-state index contributed by atoms with van der Waals surface area (Å²) in [7, 11) is 1.33. The van der Waals surface area contributed by atoms with Gasteiger partial charge in [-0.2, -0.15) is 5.26 Å². The van der Waals surface area contributed by atoms with E-state index in [1.807, 2.05) is 23.1 Å². The van der Waals surface area contributed by atoms with E-state index in [-0.39, 0.29) is 13.2 Å². The van der Waals surface area contributed by atoms with Gasteiger partial charge in [0.05, 0.1) is 35.3 Å². The van der Waals surface area contributed by atoms with Crippen molar-refractivity contribution in [1.82, 2.24) is 14.9 Å². The summed E-state index contributed by atoms with van der Waals surface area (Å²) in [6.45, 7) is 1.45. The monoisotopic (exact) mass is 408 g/mol. The molecule has 8 heteroatoms. The Hall–Kier alpha value is -3.28. The molecule has 1 aliphatic heterocycles. The molecule has 2 heterocycles. The summed E-state index contributed by atoms with van der Waals surface area (Å²) in [4.78, 5) is 21.2. The smallest absolute Gasteiger partial charge is 0.337 e. The van der Waals surface area contributed by atoms with Crippen molar-refractivity contribution < 1.29 is 18.7 Å². The van der Waals surface area contributed by atoms with Gasteiger partial charge in [0.1, 0.15) is 24.7 Å². The highest BCUT2D eigenvalue weighted by atomic mass is 19.1. The van der Waals surface area contributed by atoms with Crippen LogP contribution >= 0.6 is 0 Å². The molecule has 4 rings (SSSR count). The predicted molar refractivity (Wildman–Crippen MR) is 107 cm³/mol. The number of carbonyl (C=O) groups excluding carboxylic acids is 1. The van der Waals surface area contributed by atoms with Crippen LogP contribution in [0.15, 0.2) is 42.5 Å². The minimum atomic E-state index is -1.10. The number of H-pyrrole nitrogens is 1. The van der Waals surface area contributed by atoms with E-state index in [0.29, 0.717) is 41.1 Å². The molecule has 0 radical (unpaired) electrons. The second kappa shape index (κ2) is 8.61. The van der Waals surface area contributed by atoms with Crippen molar-refractivity contribution in [3.8, 4) is 6.07 Å². The number of ether oxygens (including phenoxy) is 2. The lowest BCUT2D eigenvalue weighted by Crippen LogP contribution is -2.24. The van der Waals surface area contributed by atoms with E-state index in [9.17, 15) is 9.18 Å². The van der Waals surface area contributed by atoms with Crippen LogP contribution in [-0.2, 0) is 22.6 Å². The first-order chi connectivity index (χ1) is 14.6. The molecule has 1 aromatic heterocycles. The van der Waals surface area contributed by atoms with Gasteiger partial charge in [-0.25, -0.2) is 14.2 Å². The van der Waals surface area contributed by atoms with Crippen LogP contribution in [-0.4, -0.2) is 53.3 Å². The zero-order valence-electron chi connectivity index (χ0n) is 16.5. The van der Waals surface area contributed by atoms with Crippen LogP contribution in [0.2, 0.25) is 0 Å². The summed E-state index contributed by atoms with van der Waals surface area (Å²) in [5.74, 6) is 0.148. The lowest BCUT2D eigenvalue weighted by atomic mass is 10.1. The maximum Gasteiger partial charge on any atom is 0.337 e. The average Bonchev–Trinajstić information content (AvgIpc) is 3.33. The number of imidazole rings is 1. The number of likely N-dealkylation sites (tertiary alicyclic amines) is 1. The van der Waals surface area contributed by atoms with E-state index in [1.165, 1.54) is 7.11 Å². The van der Waals surface area contributed by atoms with Crippen LogP contribution in [0.1, 0.15) is 27.3 Å². The molecular weight excluding hydrogens is 387 g/mol. The molecule has 1 N–H and O–H groups in total. The Bertz CT molecular complexity index is 1110. The fraction of sp³-hybridized carbons (Fsp3) is 0.318. The molecule has 2 aromatic carbocycles. The molecular formula is C22H21FN4O3. The molecule has 30 heavy (non-hydrogen) atoms. The third-order valence-electron chi connectivity index (χ3n) is 5.12.